The predicted molar refractivity (Wildman–Crippen MR) is 68.3 cm³/mol. The van der Waals surface area contributed by atoms with Crippen molar-refractivity contribution in [2.24, 2.45) is 0 Å². The summed E-state index contributed by atoms with van der Waals surface area (Å²) in [4.78, 5) is 25.8. The van der Waals surface area contributed by atoms with Crippen LogP contribution < -0.4 is 5.32 Å². The lowest BCUT2D eigenvalue weighted by Crippen LogP contribution is -2.23. The van der Waals surface area contributed by atoms with E-state index in [0.29, 0.717) is 11.7 Å². The predicted octanol–water partition coefficient (Wildman–Crippen LogP) is 1.87. The largest absolute Gasteiger partial charge is 0.345 e. The van der Waals surface area contributed by atoms with Crippen molar-refractivity contribution < 1.29 is 14.2 Å². The summed E-state index contributed by atoms with van der Waals surface area (Å²) in [6, 6.07) is 3.80. The Morgan fingerprint density at radius 2 is 2.30 bits per heavy atom. The van der Waals surface area contributed by atoms with Gasteiger partial charge in [0.1, 0.15) is 5.02 Å². The number of nitrogens with zero attached hydrogens (tertiary/aromatic N) is 3. The number of halogens is 1. The fourth-order valence-electron chi connectivity index (χ4n) is 1.47. The highest BCUT2D eigenvalue weighted by Crippen LogP contribution is 2.24. The van der Waals surface area contributed by atoms with Crippen LogP contribution in [0.25, 0.3) is 0 Å². The second-order valence-electron chi connectivity index (χ2n) is 3.84. The number of carbonyl (C=O) groups excluding carboxylic acids is 1. The molecule has 1 amide bonds. The molecule has 0 unspecified atom stereocenters. The second-order valence-corrected chi connectivity index (χ2v) is 4.24. The molecule has 9 heteroatoms. The molecule has 2 aromatic rings. The molecule has 0 aliphatic heterocycles. The molecule has 0 saturated heterocycles. The molecule has 0 bridgehead atoms. The van der Waals surface area contributed by atoms with Gasteiger partial charge in [-0.05, 0) is 12.1 Å². The molecule has 2 rings (SSSR count). The number of rotatable bonds is 4. The zero-order chi connectivity index (χ0) is 14.7. The fourth-order valence-corrected chi connectivity index (χ4v) is 1.65. The van der Waals surface area contributed by atoms with Crippen LogP contribution in [0.5, 0.6) is 0 Å². The number of hydrogen-bond acceptors (Lipinski definition) is 6. The number of benzene rings is 1. The molecule has 0 fully saturated rings. The Morgan fingerprint density at radius 3 is 2.90 bits per heavy atom. The Balaban J connectivity index is 2.09. The molecule has 1 N–H and O–H groups in total. The van der Waals surface area contributed by atoms with Crippen molar-refractivity contribution in [3.8, 4) is 0 Å². The van der Waals surface area contributed by atoms with E-state index in [2.05, 4.69) is 15.5 Å². The van der Waals surface area contributed by atoms with Crippen molar-refractivity contribution >= 4 is 23.2 Å². The topological polar surface area (TPSA) is 111 Å². The van der Waals surface area contributed by atoms with Crippen LogP contribution in [-0.2, 0) is 6.54 Å². The van der Waals surface area contributed by atoms with Crippen molar-refractivity contribution in [1.82, 2.24) is 15.5 Å². The molecule has 20 heavy (non-hydrogen) atoms. The summed E-state index contributed by atoms with van der Waals surface area (Å²) in [7, 11) is 0. The van der Waals surface area contributed by atoms with E-state index in [1.54, 1.807) is 6.92 Å². The minimum Gasteiger partial charge on any atom is -0.345 e. The highest BCUT2D eigenvalue weighted by molar-refractivity contribution is 6.32. The Kier molecular flexibility index (Phi) is 3.94. The van der Waals surface area contributed by atoms with Gasteiger partial charge in [0.05, 0.1) is 11.5 Å². The van der Waals surface area contributed by atoms with Crippen LogP contribution in [-0.4, -0.2) is 21.0 Å². The molecule has 0 radical (unpaired) electrons. The van der Waals surface area contributed by atoms with E-state index in [0.717, 1.165) is 6.07 Å². The minimum absolute atomic E-state index is 0.0275. The van der Waals surface area contributed by atoms with Crippen molar-refractivity contribution in [2.75, 3.05) is 0 Å². The summed E-state index contributed by atoms with van der Waals surface area (Å²) in [6.45, 7) is 1.69. The van der Waals surface area contributed by atoms with Crippen LogP contribution >= 0.6 is 11.6 Å². The Bertz CT molecular complexity index is 670. The van der Waals surface area contributed by atoms with Gasteiger partial charge in [-0.3, -0.25) is 14.9 Å². The fraction of sp³-hybridized carbons (Fsp3) is 0.182. The maximum Gasteiger partial charge on any atom is 0.288 e. The summed E-state index contributed by atoms with van der Waals surface area (Å²) in [6.07, 6.45) is 0. The van der Waals surface area contributed by atoms with Gasteiger partial charge in [0.2, 0.25) is 5.89 Å². The van der Waals surface area contributed by atoms with Gasteiger partial charge in [-0.15, -0.1) is 0 Å². The molecule has 0 spiro atoms. The van der Waals surface area contributed by atoms with Gasteiger partial charge in [0.25, 0.3) is 11.6 Å². The molecule has 0 aliphatic rings. The molecular weight excluding hydrogens is 288 g/mol. The molecule has 8 nitrogen and oxygen atoms in total. The highest BCUT2D eigenvalue weighted by Gasteiger charge is 2.16. The lowest BCUT2D eigenvalue weighted by atomic mass is 10.2. The van der Waals surface area contributed by atoms with Gasteiger partial charge in [0, 0.05) is 18.6 Å². The summed E-state index contributed by atoms with van der Waals surface area (Å²) in [5.41, 5.74) is -0.198. The number of nitro groups is 1. The first-order valence-corrected chi connectivity index (χ1v) is 5.86. The first kappa shape index (κ1) is 13.9. The second kappa shape index (κ2) is 5.66. The first-order valence-electron chi connectivity index (χ1n) is 5.48. The number of hydrogen-bond donors (Lipinski definition) is 1. The van der Waals surface area contributed by atoms with Crippen molar-refractivity contribution in [3.05, 3.63) is 50.6 Å². The lowest BCUT2D eigenvalue weighted by Gasteiger charge is -2.03. The quantitative estimate of drug-likeness (QED) is 0.681. The summed E-state index contributed by atoms with van der Waals surface area (Å²) < 4.78 is 4.75. The third-order valence-corrected chi connectivity index (χ3v) is 2.70. The van der Waals surface area contributed by atoms with E-state index in [1.165, 1.54) is 12.1 Å². The standard InChI is InChI=1S/C11H9ClN4O4/c1-6-14-10(15-20-6)5-13-11(17)7-2-3-8(12)9(4-7)16(18)19/h2-4H,5H2,1H3,(H,13,17). The smallest absolute Gasteiger partial charge is 0.288 e. The molecule has 0 saturated carbocycles. The molecule has 104 valence electrons. The number of aryl methyl sites for hydroxylation is 1. The SMILES string of the molecule is Cc1nc(CNC(=O)c2ccc(Cl)c([N+](=O)[O-])c2)no1. The zero-order valence-electron chi connectivity index (χ0n) is 10.3. The van der Waals surface area contributed by atoms with Crippen LogP contribution in [0.1, 0.15) is 22.1 Å². The van der Waals surface area contributed by atoms with Crippen LogP contribution in [0.4, 0.5) is 5.69 Å². The van der Waals surface area contributed by atoms with E-state index in [-0.39, 0.29) is 22.8 Å². The Hall–Kier alpha value is -2.48. The van der Waals surface area contributed by atoms with Crippen LogP contribution in [0, 0.1) is 17.0 Å². The summed E-state index contributed by atoms with van der Waals surface area (Å²) in [5, 5.41) is 16.8. The number of aromatic nitrogens is 2. The molecule has 1 heterocycles. The van der Waals surface area contributed by atoms with Crippen molar-refractivity contribution in [3.63, 3.8) is 0 Å². The normalized spacial score (nSPS) is 10.3. The Morgan fingerprint density at radius 1 is 1.55 bits per heavy atom. The third-order valence-electron chi connectivity index (χ3n) is 2.38. The van der Waals surface area contributed by atoms with Crippen molar-refractivity contribution in [2.45, 2.75) is 13.5 Å². The number of carbonyl (C=O) groups is 1. The maximum atomic E-state index is 11.8. The van der Waals surface area contributed by atoms with E-state index < -0.39 is 10.8 Å². The van der Waals surface area contributed by atoms with Gasteiger partial charge >= 0.3 is 0 Å². The molecule has 1 aromatic carbocycles. The molecular formula is C11H9ClN4O4. The molecule has 1 aromatic heterocycles. The van der Waals surface area contributed by atoms with Gasteiger partial charge in [0.15, 0.2) is 5.82 Å². The molecule has 0 aliphatic carbocycles. The number of nitrogens with one attached hydrogen (secondary N) is 1. The third kappa shape index (κ3) is 3.09. The van der Waals surface area contributed by atoms with E-state index in [9.17, 15) is 14.9 Å². The van der Waals surface area contributed by atoms with Gasteiger partial charge in [-0.25, -0.2) is 0 Å². The Labute approximate surface area is 117 Å². The lowest BCUT2D eigenvalue weighted by molar-refractivity contribution is -0.384. The van der Waals surface area contributed by atoms with Gasteiger partial charge < -0.3 is 9.84 Å². The van der Waals surface area contributed by atoms with Gasteiger partial charge in [-0.1, -0.05) is 16.8 Å². The van der Waals surface area contributed by atoms with Crippen LogP contribution in [0.15, 0.2) is 22.7 Å². The number of nitro benzene ring substituents is 1. The maximum absolute atomic E-state index is 11.8. The highest BCUT2D eigenvalue weighted by atomic mass is 35.5. The van der Waals surface area contributed by atoms with E-state index in [4.69, 9.17) is 16.1 Å². The minimum atomic E-state index is -0.651. The summed E-state index contributed by atoms with van der Waals surface area (Å²) >= 11 is 5.67. The van der Waals surface area contributed by atoms with E-state index >= 15 is 0 Å². The molecule has 0 atom stereocenters. The monoisotopic (exact) mass is 296 g/mol. The van der Waals surface area contributed by atoms with Gasteiger partial charge in [-0.2, -0.15) is 4.98 Å². The zero-order valence-corrected chi connectivity index (χ0v) is 11.0. The average molecular weight is 297 g/mol. The van der Waals surface area contributed by atoms with Crippen LogP contribution in [0.3, 0.4) is 0 Å². The first-order chi connectivity index (χ1) is 9.47. The summed E-state index contributed by atoms with van der Waals surface area (Å²) in [5.74, 6) is 0.211. The average Bonchev–Trinajstić information content (AvgIpc) is 2.82. The van der Waals surface area contributed by atoms with Crippen LogP contribution in [0.2, 0.25) is 5.02 Å². The number of amides is 1. The van der Waals surface area contributed by atoms with E-state index in [1.807, 2.05) is 0 Å². The van der Waals surface area contributed by atoms with Crippen molar-refractivity contribution in [1.29, 1.82) is 0 Å².